The largest absolute Gasteiger partial charge is 0.461 e. The third-order valence-electron chi connectivity index (χ3n) is 20.5. The number of pyridine rings is 5. The van der Waals surface area contributed by atoms with Gasteiger partial charge in [-0.25, -0.2) is 28.3 Å². The molecule has 0 radical (unpaired) electrons. The van der Waals surface area contributed by atoms with Crippen LogP contribution in [-0.2, 0) is 16.0 Å². The quantitative estimate of drug-likeness (QED) is 0.0192. The number of esters is 2. The van der Waals surface area contributed by atoms with Crippen molar-refractivity contribution in [2.24, 2.45) is 0 Å². The fraction of sp³-hybridized carbons (Fsp3) is 0.161. The summed E-state index contributed by atoms with van der Waals surface area (Å²) >= 11 is 18.9. The standard InChI is InChI=1S/C20H16ClN5O2S.C15H15ClN4OS.2C15H14FN5O2S.2C14H11FN4O3S/c1-11-2-3-12(8-23-11)9-24-19(27)17-15-10-29-18(22)16(15)20(28)26(25-17)14-6-4-13(21)5-7-14;1-2-7-18-14-11-8-22-13(17)12(11)15(21)20(19-14)10-5-3-9(16)4-6-10;1-7(2)19-14(22)12-8-6-24-13(17)11(8)15(23)21(20-12)10-5-18-4-3-9(10)16;1-7(2)19-14(22)12-9-6-24-13(17)11(9)15(23)21(20-12)8-3-4-10(16)18-5-8;1-2-22-14(21)11-7-6-23-12(16)10(7)13(20)19(18-11)9-5-17-4-3-8(9)15;1-2-22-14(21)11-8-6-23-12(16)10(8)13(20)19(18-11)7-3-4-9(15)17-5-7/h2-8,10H,9,22H2,1H3,(H,24,27);3-6,8H,2,7,17H2,1H3,(H,18,19);2*3-7H,17H2,1-2H3,(H,19,22);2*3-6H,2,16H2,1H3. The van der Waals surface area contributed by atoms with E-state index < -0.39 is 75.4 Å². The number of anilines is 7. The number of hydrogen-bond donors (Lipinski definition) is 10. The van der Waals surface area contributed by atoms with Gasteiger partial charge in [-0.05, 0) is 151 Å². The van der Waals surface area contributed by atoms with Crippen molar-refractivity contribution in [3.05, 3.63) is 308 Å². The number of fused-ring (bicyclic) bond motifs is 6. The van der Waals surface area contributed by atoms with Gasteiger partial charge in [0.25, 0.3) is 51.1 Å². The van der Waals surface area contributed by atoms with Gasteiger partial charge in [0.2, 0.25) is 11.9 Å². The Morgan fingerprint density at radius 3 is 1.06 bits per heavy atom. The van der Waals surface area contributed by atoms with Crippen LogP contribution in [0.2, 0.25) is 10.0 Å². The van der Waals surface area contributed by atoms with Crippen LogP contribution in [0, 0.1) is 30.5 Å². The maximum absolute atomic E-state index is 14.1. The molecule has 0 atom stereocenters. The number of amides is 3. The number of aryl methyl sites for hydroxylation is 1. The van der Waals surface area contributed by atoms with Crippen LogP contribution in [0.3, 0.4) is 0 Å². The molecule has 40 nitrogen and oxygen atoms in total. The molecule has 3 amide bonds. The SMILES string of the molecule is CC(C)NC(=O)c1nn(-c2ccc(F)nc2)c(=O)c2c(N)scc12.CC(C)NC(=O)c1nn(-c2cnccc2F)c(=O)c2c(N)scc12.CCCNc1nn(-c2ccc(Cl)cc2)c(=O)c2c(N)scc12.CCOC(=O)c1nn(-c2ccc(F)nc2)c(=O)c2c(N)scc12.CCOC(=O)c1nn(-c2cnccc2F)c(=O)c2c(N)scc12.Cc1ccc(CNC(=O)c2nn(-c3ccc(Cl)cc3)c(=O)c3c(N)scc23)cn1. The van der Waals surface area contributed by atoms with Gasteiger partial charge in [-0.3, -0.25) is 58.1 Å². The minimum absolute atomic E-state index is 0.00880. The highest BCUT2D eigenvalue weighted by Gasteiger charge is 2.29. The molecule has 0 spiro atoms. The lowest BCUT2D eigenvalue weighted by Gasteiger charge is -2.11. The van der Waals surface area contributed by atoms with Gasteiger partial charge in [0.15, 0.2) is 45.9 Å². The van der Waals surface area contributed by atoms with Crippen LogP contribution in [0.5, 0.6) is 0 Å². The maximum atomic E-state index is 14.1. The summed E-state index contributed by atoms with van der Waals surface area (Å²) in [4.78, 5) is 157. The first-order chi connectivity index (χ1) is 69.4. The highest BCUT2D eigenvalue weighted by Crippen LogP contribution is 2.35. The van der Waals surface area contributed by atoms with Gasteiger partial charge in [0.05, 0.1) is 123 Å². The van der Waals surface area contributed by atoms with Crippen LogP contribution in [0.15, 0.2) is 201 Å². The highest BCUT2D eigenvalue weighted by atomic mass is 35.5. The molecule has 0 aliphatic rings. The summed E-state index contributed by atoms with van der Waals surface area (Å²) < 4.78 is 70.0. The number of carbonyl (C=O) groups excluding carboxylic acids is 5. The first-order valence-electron chi connectivity index (χ1n) is 43.1. The molecule has 0 aliphatic heterocycles. The first-order valence-corrected chi connectivity index (χ1v) is 49.1. The zero-order chi connectivity index (χ0) is 104. The number of nitrogens with one attached hydrogen (secondary N) is 4. The fourth-order valence-corrected chi connectivity index (χ4v) is 18.8. The van der Waals surface area contributed by atoms with E-state index >= 15 is 0 Å². The summed E-state index contributed by atoms with van der Waals surface area (Å²) in [5, 5.41) is 53.4. The van der Waals surface area contributed by atoms with Crippen LogP contribution >= 0.6 is 91.2 Å². The average Bonchev–Trinajstić information content (AvgIpc) is 1.68. The summed E-state index contributed by atoms with van der Waals surface area (Å²) in [7, 11) is 0. The van der Waals surface area contributed by atoms with E-state index in [0.717, 1.165) is 130 Å². The lowest BCUT2D eigenvalue weighted by molar-refractivity contribution is 0.0510. The molecule has 0 fully saturated rings. The number of aromatic nitrogens is 17. The van der Waals surface area contributed by atoms with Gasteiger partial charge in [-0.15, -0.1) is 73.1 Å². The van der Waals surface area contributed by atoms with E-state index in [0.29, 0.717) is 69.2 Å². The monoisotopic (exact) mass is 2120 g/mol. The van der Waals surface area contributed by atoms with Crippen LogP contribution in [0.1, 0.15) is 119 Å². The van der Waals surface area contributed by atoms with Gasteiger partial charge in [0.1, 0.15) is 11.4 Å². The molecular formula is C93H81Cl2F4N27O13S6. The molecule has 2 aromatic carbocycles. The minimum Gasteiger partial charge on any atom is -0.461 e. The van der Waals surface area contributed by atoms with Gasteiger partial charge in [-0.1, -0.05) is 36.2 Å². The van der Waals surface area contributed by atoms with Crippen LogP contribution in [0.25, 0.3) is 98.8 Å². The van der Waals surface area contributed by atoms with E-state index in [1.165, 1.54) is 69.0 Å². The van der Waals surface area contributed by atoms with Crippen molar-refractivity contribution in [1.29, 1.82) is 0 Å². The Morgan fingerprint density at radius 2 is 0.710 bits per heavy atom. The second kappa shape index (κ2) is 45.6. The van der Waals surface area contributed by atoms with Crippen molar-refractivity contribution in [1.82, 2.24) is 99.6 Å². The molecular weight excluding hydrogens is 2040 g/mol. The molecule has 0 unspecified atom stereocenters. The Labute approximate surface area is 848 Å². The number of benzene rings is 2. The average molecular weight is 2120 g/mol. The number of hydrogen-bond acceptors (Lipinski definition) is 37. The molecule has 0 bridgehead atoms. The van der Waals surface area contributed by atoms with Crippen molar-refractivity contribution in [2.75, 3.05) is 59.5 Å². The number of rotatable bonds is 20. The summed E-state index contributed by atoms with van der Waals surface area (Å²) in [6.07, 6.45) is 9.80. The van der Waals surface area contributed by atoms with E-state index in [-0.39, 0.29) is 142 Å². The molecule has 17 heterocycles. The predicted molar refractivity (Wildman–Crippen MR) is 555 cm³/mol. The van der Waals surface area contributed by atoms with E-state index in [9.17, 15) is 70.3 Å². The van der Waals surface area contributed by atoms with Gasteiger partial charge >= 0.3 is 11.9 Å². The molecule has 19 aromatic rings. The summed E-state index contributed by atoms with van der Waals surface area (Å²) in [5.41, 5.74) is 35.7. The van der Waals surface area contributed by atoms with E-state index in [1.54, 1.807) is 109 Å². The van der Waals surface area contributed by atoms with E-state index in [2.05, 4.69) is 83.7 Å². The molecule has 0 saturated heterocycles. The Hall–Kier alpha value is -16.5. The van der Waals surface area contributed by atoms with Crippen molar-refractivity contribution < 1.29 is 51.0 Å². The van der Waals surface area contributed by atoms with Gasteiger partial charge in [-0.2, -0.15) is 62.4 Å². The Morgan fingerprint density at radius 1 is 0.386 bits per heavy atom. The second-order valence-corrected chi connectivity index (χ2v) is 37.5. The first kappa shape index (κ1) is 104. The molecule has 145 heavy (non-hydrogen) atoms. The van der Waals surface area contributed by atoms with Gasteiger partial charge < -0.3 is 65.1 Å². The molecule has 17 aromatic heterocycles. The van der Waals surface area contributed by atoms with Crippen LogP contribution in [0.4, 0.5) is 53.4 Å². The van der Waals surface area contributed by atoms with Crippen molar-refractivity contribution in [2.45, 2.75) is 80.4 Å². The van der Waals surface area contributed by atoms with Crippen molar-refractivity contribution in [3.8, 4) is 34.1 Å². The predicted octanol–water partition coefficient (Wildman–Crippen LogP) is 13.7. The third-order valence-corrected chi connectivity index (χ3v) is 25.9. The smallest absolute Gasteiger partial charge is 0.359 e. The highest BCUT2D eigenvalue weighted by molar-refractivity contribution is 7.17. The lowest BCUT2D eigenvalue weighted by atomic mass is 10.2. The topological polar surface area (TPSA) is 582 Å². The number of nitrogen functional groups attached to an aromatic ring is 6. The second-order valence-electron chi connectivity index (χ2n) is 31.1. The molecule has 16 N–H and O–H groups in total. The number of thiophene rings is 6. The van der Waals surface area contributed by atoms with Crippen molar-refractivity contribution >= 4 is 221 Å². The molecule has 52 heteroatoms. The number of halogens is 6. The summed E-state index contributed by atoms with van der Waals surface area (Å²) in [5.74, 6) is -4.75. The zero-order valence-corrected chi connectivity index (χ0v) is 83.4. The summed E-state index contributed by atoms with van der Waals surface area (Å²) in [6.45, 7) is 15.9. The lowest BCUT2D eigenvalue weighted by Crippen LogP contribution is -2.33. The summed E-state index contributed by atoms with van der Waals surface area (Å²) in [6, 6.07) is 24.2. The Balaban J connectivity index is 0.000000138. The molecule has 0 aliphatic carbocycles. The van der Waals surface area contributed by atoms with Crippen LogP contribution in [-0.4, -0.2) is 145 Å². The number of ether oxygens (including phenoxy) is 2. The Kier molecular flexibility index (Phi) is 32.8. The van der Waals surface area contributed by atoms with Crippen molar-refractivity contribution in [3.63, 3.8) is 0 Å². The minimum atomic E-state index is -0.714. The zero-order valence-electron chi connectivity index (χ0n) is 77.0. The molecule has 744 valence electrons. The third kappa shape index (κ3) is 22.8. The number of carbonyl (C=O) groups is 5. The normalized spacial score (nSPS) is 11.0. The fourth-order valence-electron chi connectivity index (χ4n) is 13.8. The molecule has 19 rings (SSSR count). The molecule has 0 saturated carbocycles. The number of nitrogens with two attached hydrogens (primary N) is 6. The Bertz CT molecular complexity index is 8570. The van der Waals surface area contributed by atoms with Gasteiger partial charge in [0, 0.05) is 124 Å². The van der Waals surface area contributed by atoms with Crippen LogP contribution < -0.4 is 89.0 Å². The maximum Gasteiger partial charge on any atom is 0.359 e. The number of nitrogens with zero attached hydrogens (tertiary/aromatic N) is 17. The van der Waals surface area contributed by atoms with E-state index in [4.69, 9.17) is 67.1 Å². The van der Waals surface area contributed by atoms with E-state index in [1.807, 2.05) is 38.3 Å².